The van der Waals surface area contributed by atoms with Crippen LogP contribution in [0.25, 0.3) is 0 Å². The highest BCUT2D eigenvalue weighted by Gasteiger charge is 2.28. The standard InChI is InChI=1S/C12H15NO2/c1-8(9-6-7-9)13-11-5-3-2-4-10(11)12(14)15/h2-5,8-9,13H,6-7H2,1H3,(H,14,15). The number of hydrogen-bond acceptors (Lipinski definition) is 2. The zero-order valence-corrected chi connectivity index (χ0v) is 8.73. The van der Waals surface area contributed by atoms with E-state index in [2.05, 4.69) is 12.2 Å². The zero-order valence-electron chi connectivity index (χ0n) is 8.73. The Labute approximate surface area is 89.1 Å². The molecular formula is C12H15NO2. The Morgan fingerprint density at radius 3 is 2.73 bits per heavy atom. The van der Waals surface area contributed by atoms with Gasteiger partial charge in [-0.15, -0.1) is 0 Å². The second-order valence-corrected chi connectivity index (χ2v) is 4.12. The topological polar surface area (TPSA) is 49.3 Å². The van der Waals surface area contributed by atoms with E-state index < -0.39 is 5.97 Å². The zero-order chi connectivity index (χ0) is 10.8. The first-order chi connectivity index (χ1) is 7.18. The smallest absolute Gasteiger partial charge is 0.337 e. The van der Waals surface area contributed by atoms with Crippen LogP contribution in [0.4, 0.5) is 5.69 Å². The molecule has 1 fully saturated rings. The Kier molecular flexibility index (Phi) is 2.62. The van der Waals surface area contributed by atoms with Crippen molar-refractivity contribution >= 4 is 11.7 Å². The minimum atomic E-state index is -0.874. The Bertz CT molecular complexity index is 372. The molecule has 1 unspecified atom stereocenters. The third kappa shape index (κ3) is 2.29. The molecule has 15 heavy (non-hydrogen) atoms. The van der Waals surface area contributed by atoms with E-state index in [1.54, 1.807) is 12.1 Å². The Morgan fingerprint density at radius 2 is 2.13 bits per heavy atom. The van der Waals surface area contributed by atoms with Crippen molar-refractivity contribution in [2.24, 2.45) is 5.92 Å². The number of carboxylic acid groups (broad SMARTS) is 1. The highest BCUT2D eigenvalue weighted by molar-refractivity contribution is 5.94. The molecule has 1 aromatic rings. The van der Waals surface area contributed by atoms with E-state index in [4.69, 9.17) is 5.11 Å². The van der Waals surface area contributed by atoms with Crippen molar-refractivity contribution in [3.8, 4) is 0 Å². The van der Waals surface area contributed by atoms with Crippen molar-refractivity contribution in [3.63, 3.8) is 0 Å². The molecule has 1 atom stereocenters. The van der Waals surface area contributed by atoms with E-state index in [0.29, 0.717) is 17.5 Å². The molecule has 0 saturated heterocycles. The number of hydrogen-bond donors (Lipinski definition) is 2. The number of benzene rings is 1. The van der Waals surface area contributed by atoms with Gasteiger partial charge in [0, 0.05) is 11.7 Å². The molecule has 0 amide bonds. The molecule has 3 heteroatoms. The van der Waals surface area contributed by atoms with Gasteiger partial charge in [-0.3, -0.25) is 0 Å². The molecule has 1 aliphatic rings. The predicted molar refractivity (Wildman–Crippen MR) is 59.2 cm³/mol. The monoisotopic (exact) mass is 205 g/mol. The van der Waals surface area contributed by atoms with Gasteiger partial charge in [0.15, 0.2) is 0 Å². The second-order valence-electron chi connectivity index (χ2n) is 4.12. The molecule has 0 spiro atoms. The molecule has 0 aromatic heterocycles. The van der Waals surface area contributed by atoms with Crippen LogP contribution in [0.1, 0.15) is 30.1 Å². The summed E-state index contributed by atoms with van der Waals surface area (Å²) >= 11 is 0. The summed E-state index contributed by atoms with van der Waals surface area (Å²) in [5.41, 5.74) is 1.08. The molecule has 1 aromatic carbocycles. The summed E-state index contributed by atoms with van der Waals surface area (Å²) in [6.07, 6.45) is 2.51. The van der Waals surface area contributed by atoms with Crippen LogP contribution in [0, 0.1) is 5.92 Å². The minimum Gasteiger partial charge on any atom is -0.478 e. The SMILES string of the molecule is CC(Nc1ccccc1C(=O)O)C1CC1. The van der Waals surface area contributed by atoms with Crippen LogP contribution in [0.3, 0.4) is 0 Å². The lowest BCUT2D eigenvalue weighted by molar-refractivity contribution is 0.0698. The largest absolute Gasteiger partial charge is 0.478 e. The van der Waals surface area contributed by atoms with Crippen molar-refractivity contribution in [2.75, 3.05) is 5.32 Å². The highest BCUT2D eigenvalue weighted by Crippen LogP contribution is 2.34. The number of anilines is 1. The number of aromatic carboxylic acids is 1. The molecule has 1 aliphatic carbocycles. The fraction of sp³-hybridized carbons (Fsp3) is 0.417. The fourth-order valence-corrected chi connectivity index (χ4v) is 1.75. The summed E-state index contributed by atoms with van der Waals surface area (Å²) in [7, 11) is 0. The maximum absolute atomic E-state index is 10.9. The van der Waals surface area contributed by atoms with Crippen molar-refractivity contribution in [1.29, 1.82) is 0 Å². The first-order valence-corrected chi connectivity index (χ1v) is 5.27. The Balaban J connectivity index is 2.15. The van der Waals surface area contributed by atoms with E-state index in [1.165, 1.54) is 12.8 Å². The average Bonchev–Trinajstić information content (AvgIpc) is 3.01. The van der Waals surface area contributed by atoms with E-state index in [-0.39, 0.29) is 0 Å². The summed E-state index contributed by atoms with van der Waals surface area (Å²) in [6.45, 7) is 2.11. The number of rotatable bonds is 4. The normalized spacial score (nSPS) is 17.1. The number of carbonyl (C=O) groups is 1. The lowest BCUT2D eigenvalue weighted by Gasteiger charge is -2.15. The first-order valence-electron chi connectivity index (χ1n) is 5.27. The van der Waals surface area contributed by atoms with Gasteiger partial charge in [0.05, 0.1) is 5.56 Å². The molecule has 80 valence electrons. The van der Waals surface area contributed by atoms with Crippen LogP contribution in [-0.4, -0.2) is 17.1 Å². The third-order valence-corrected chi connectivity index (χ3v) is 2.87. The molecule has 0 aliphatic heterocycles. The van der Waals surface area contributed by atoms with Crippen LogP contribution in [0.2, 0.25) is 0 Å². The number of nitrogens with one attached hydrogen (secondary N) is 1. The summed E-state index contributed by atoms with van der Waals surface area (Å²) < 4.78 is 0. The van der Waals surface area contributed by atoms with Crippen LogP contribution < -0.4 is 5.32 Å². The van der Waals surface area contributed by atoms with Crippen molar-refractivity contribution < 1.29 is 9.90 Å². The quantitative estimate of drug-likeness (QED) is 0.794. The number of para-hydroxylation sites is 1. The van der Waals surface area contributed by atoms with Crippen LogP contribution in [0.15, 0.2) is 24.3 Å². The van der Waals surface area contributed by atoms with Crippen molar-refractivity contribution in [2.45, 2.75) is 25.8 Å². The lowest BCUT2D eigenvalue weighted by Crippen LogP contribution is -2.19. The molecule has 3 nitrogen and oxygen atoms in total. The number of carboxylic acids is 1. The predicted octanol–water partition coefficient (Wildman–Crippen LogP) is 2.60. The van der Waals surface area contributed by atoms with E-state index in [1.807, 2.05) is 12.1 Å². The van der Waals surface area contributed by atoms with Gasteiger partial charge < -0.3 is 10.4 Å². The Morgan fingerprint density at radius 1 is 1.47 bits per heavy atom. The van der Waals surface area contributed by atoms with Gasteiger partial charge in [-0.05, 0) is 37.8 Å². The van der Waals surface area contributed by atoms with Gasteiger partial charge in [0.25, 0.3) is 0 Å². The van der Waals surface area contributed by atoms with Gasteiger partial charge >= 0.3 is 5.97 Å². The van der Waals surface area contributed by atoms with E-state index in [0.717, 1.165) is 5.69 Å². The van der Waals surface area contributed by atoms with Gasteiger partial charge in [-0.25, -0.2) is 4.79 Å². The van der Waals surface area contributed by atoms with Crippen molar-refractivity contribution in [3.05, 3.63) is 29.8 Å². The Hall–Kier alpha value is -1.51. The molecule has 0 radical (unpaired) electrons. The van der Waals surface area contributed by atoms with Crippen LogP contribution in [0.5, 0.6) is 0 Å². The lowest BCUT2D eigenvalue weighted by atomic mass is 10.1. The maximum atomic E-state index is 10.9. The van der Waals surface area contributed by atoms with Gasteiger partial charge in [0.1, 0.15) is 0 Å². The molecular weight excluding hydrogens is 190 g/mol. The summed E-state index contributed by atoms with van der Waals surface area (Å²) in [6, 6.07) is 7.42. The van der Waals surface area contributed by atoms with Crippen LogP contribution in [-0.2, 0) is 0 Å². The third-order valence-electron chi connectivity index (χ3n) is 2.87. The second kappa shape index (κ2) is 3.93. The first kappa shape index (κ1) is 10.0. The van der Waals surface area contributed by atoms with Gasteiger partial charge in [-0.1, -0.05) is 12.1 Å². The summed E-state index contributed by atoms with van der Waals surface area (Å²) in [5, 5.41) is 12.3. The molecule has 0 bridgehead atoms. The molecule has 2 N–H and O–H groups in total. The van der Waals surface area contributed by atoms with Gasteiger partial charge in [-0.2, -0.15) is 0 Å². The molecule has 1 saturated carbocycles. The van der Waals surface area contributed by atoms with Gasteiger partial charge in [0.2, 0.25) is 0 Å². The summed E-state index contributed by atoms with van der Waals surface area (Å²) in [5.74, 6) is -0.159. The van der Waals surface area contributed by atoms with Crippen molar-refractivity contribution in [1.82, 2.24) is 0 Å². The van der Waals surface area contributed by atoms with Crippen LogP contribution >= 0.6 is 0 Å². The fourth-order valence-electron chi connectivity index (χ4n) is 1.75. The molecule has 0 heterocycles. The highest BCUT2D eigenvalue weighted by atomic mass is 16.4. The average molecular weight is 205 g/mol. The minimum absolute atomic E-state index is 0.352. The maximum Gasteiger partial charge on any atom is 0.337 e. The van der Waals surface area contributed by atoms with E-state index in [9.17, 15) is 4.79 Å². The molecule has 2 rings (SSSR count). The van der Waals surface area contributed by atoms with E-state index >= 15 is 0 Å². The summed E-state index contributed by atoms with van der Waals surface area (Å²) in [4.78, 5) is 10.9.